The third-order valence-electron chi connectivity index (χ3n) is 1.93. The molecule has 1 aromatic heterocycles. The number of benzene rings is 1. The van der Waals surface area contributed by atoms with Crippen LogP contribution in [0.25, 0.3) is 10.9 Å². The number of rotatable bonds is 1. The van der Waals surface area contributed by atoms with Crippen LogP contribution in [0.4, 0.5) is 5.69 Å². The zero-order valence-corrected chi connectivity index (χ0v) is 7.81. The Morgan fingerprint density at radius 1 is 1.40 bits per heavy atom. The average molecular weight is 204 g/mol. The number of guanidine groups is 1. The first kappa shape index (κ1) is 9.20. The Kier molecular flexibility index (Phi) is 2.09. The van der Waals surface area contributed by atoms with Crippen LogP contribution in [0.15, 0.2) is 34.5 Å². The van der Waals surface area contributed by atoms with E-state index in [0.29, 0.717) is 5.69 Å². The van der Waals surface area contributed by atoms with Gasteiger partial charge in [-0.2, -0.15) is 0 Å². The maximum atomic E-state index is 9.55. The molecule has 0 amide bonds. The van der Waals surface area contributed by atoms with E-state index in [1.807, 2.05) is 24.3 Å². The minimum atomic E-state index is -0.153. The molecule has 6 heteroatoms. The third kappa shape index (κ3) is 1.64. The van der Waals surface area contributed by atoms with Crippen molar-refractivity contribution >= 4 is 22.5 Å². The van der Waals surface area contributed by atoms with Gasteiger partial charge in [-0.25, -0.2) is 0 Å². The molecular weight excluding hydrogens is 194 g/mol. The second-order valence-electron chi connectivity index (χ2n) is 2.99. The van der Waals surface area contributed by atoms with Gasteiger partial charge in [0.15, 0.2) is 5.69 Å². The van der Waals surface area contributed by atoms with Crippen LogP contribution in [0.3, 0.4) is 0 Å². The fraction of sp³-hybridized carbons (Fsp3) is 0. The second-order valence-corrected chi connectivity index (χ2v) is 2.99. The van der Waals surface area contributed by atoms with Gasteiger partial charge in [-0.05, 0) is 6.07 Å². The summed E-state index contributed by atoms with van der Waals surface area (Å²) in [6, 6.07) is 7.32. The molecule has 76 valence electrons. The molecule has 0 aliphatic heterocycles. The third-order valence-corrected chi connectivity index (χ3v) is 1.93. The smallest absolute Gasteiger partial charge is 0.403 e. The van der Waals surface area contributed by atoms with E-state index in [4.69, 9.17) is 11.1 Å². The van der Waals surface area contributed by atoms with E-state index in [-0.39, 0.29) is 11.8 Å². The van der Waals surface area contributed by atoms with Crippen molar-refractivity contribution in [2.75, 3.05) is 0 Å². The number of H-pyrrole nitrogens is 1. The summed E-state index contributed by atoms with van der Waals surface area (Å²) in [5.41, 5.74) is 6.26. The van der Waals surface area contributed by atoms with Gasteiger partial charge < -0.3 is 10.1 Å². The van der Waals surface area contributed by atoms with Gasteiger partial charge in [-0.15, -0.1) is 0 Å². The number of azo groups is 1. The number of aromatic nitrogens is 1. The van der Waals surface area contributed by atoms with Crippen LogP contribution in [-0.2, 0) is 0 Å². The number of aromatic hydroxyl groups is 1. The Bertz CT molecular complexity index is 542. The summed E-state index contributed by atoms with van der Waals surface area (Å²) in [5.74, 6) is -0.208. The molecule has 15 heavy (non-hydrogen) atoms. The molecule has 0 aliphatic rings. The highest BCUT2D eigenvalue weighted by atomic mass is 16.3. The predicted molar refractivity (Wildman–Crippen MR) is 55.6 cm³/mol. The molecule has 1 heterocycles. The van der Waals surface area contributed by atoms with Crippen LogP contribution < -0.4 is 11.1 Å². The Morgan fingerprint density at radius 3 is 2.87 bits per heavy atom. The van der Waals surface area contributed by atoms with Crippen molar-refractivity contribution in [3.63, 3.8) is 0 Å². The molecule has 0 spiro atoms. The normalized spacial score (nSPS) is 11.2. The van der Waals surface area contributed by atoms with Crippen LogP contribution in [0.2, 0.25) is 0 Å². The first-order valence-corrected chi connectivity index (χ1v) is 4.28. The fourth-order valence-electron chi connectivity index (χ4n) is 1.32. The molecule has 0 aliphatic carbocycles. The van der Waals surface area contributed by atoms with E-state index in [2.05, 4.69) is 15.2 Å². The van der Waals surface area contributed by atoms with Crippen LogP contribution >= 0.6 is 0 Å². The van der Waals surface area contributed by atoms with Gasteiger partial charge in [-0.3, -0.25) is 11.1 Å². The van der Waals surface area contributed by atoms with Gasteiger partial charge in [0.05, 0.1) is 5.52 Å². The van der Waals surface area contributed by atoms with Crippen molar-refractivity contribution < 1.29 is 10.5 Å². The van der Waals surface area contributed by atoms with Gasteiger partial charge >= 0.3 is 5.96 Å². The maximum absolute atomic E-state index is 9.55. The van der Waals surface area contributed by atoms with Crippen molar-refractivity contribution in [3.8, 4) is 5.88 Å². The fourth-order valence-corrected chi connectivity index (χ4v) is 1.32. The summed E-state index contributed by atoms with van der Waals surface area (Å²) in [4.78, 5) is 2.76. The SMILES string of the molecule is NC(=[NH2+])N=Nc1c(O)[nH]c2ccccc12. The lowest BCUT2D eigenvalue weighted by Gasteiger charge is -1.86. The largest absolute Gasteiger partial charge is 0.493 e. The van der Waals surface area contributed by atoms with E-state index in [9.17, 15) is 5.11 Å². The molecule has 6 nitrogen and oxygen atoms in total. The quantitative estimate of drug-likeness (QED) is 0.298. The van der Waals surface area contributed by atoms with Crippen LogP contribution in [0.1, 0.15) is 0 Å². The van der Waals surface area contributed by atoms with E-state index >= 15 is 0 Å². The first-order valence-electron chi connectivity index (χ1n) is 4.28. The molecule has 0 fully saturated rings. The molecule has 0 bridgehead atoms. The lowest BCUT2D eigenvalue weighted by molar-refractivity contribution is -0.117. The zero-order chi connectivity index (χ0) is 10.8. The minimum absolute atomic E-state index is 0.0544. The van der Waals surface area contributed by atoms with E-state index in [1.165, 1.54) is 0 Å². The molecular formula is C9H10N5O+. The number of nitrogens with one attached hydrogen (secondary N) is 1. The molecule has 0 saturated heterocycles. The molecule has 0 atom stereocenters. The number of hydrogen-bond acceptors (Lipinski definition) is 2. The molecule has 0 saturated carbocycles. The molecule has 0 radical (unpaired) electrons. The van der Waals surface area contributed by atoms with Gasteiger partial charge in [0.1, 0.15) is 0 Å². The van der Waals surface area contributed by atoms with E-state index < -0.39 is 0 Å². The van der Waals surface area contributed by atoms with Crippen molar-refractivity contribution in [1.29, 1.82) is 0 Å². The summed E-state index contributed by atoms with van der Waals surface area (Å²) < 4.78 is 0. The Balaban J connectivity index is 2.59. The summed E-state index contributed by atoms with van der Waals surface area (Å²) >= 11 is 0. The lowest BCUT2D eigenvalue weighted by Crippen LogP contribution is -2.43. The number of nitrogens with two attached hydrogens (primary N) is 2. The highest BCUT2D eigenvalue weighted by Gasteiger charge is 2.10. The number of aromatic amines is 1. The lowest BCUT2D eigenvalue weighted by atomic mass is 10.2. The standard InChI is InChI=1S/C9H9N5O/c10-9(11)14-13-7-5-3-1-2-4-6(5)12-8(7)15/h1-4,12,15H,(H3,10,11)/p+1. The molecule has 0 unspecified atom stereocenters. The maximum Gasteiger partial charge on any atom is 0.403 e. The first-order chi connectivity index (χ1) is 7.18. The minimum Gasteiger partial charge on any atom is -0.493 e. The average Bonchev–Trinajstić information content (AvgIpc) is 2.50. The molecule has 6 N–H and O–H groups in total. The molecule has 2 aromatic rings. The topological polar surface area (TPSA) is 112 Å². The van der Waals surface area contributed by atoms with Crippen molar-refractivity contribution in [1.82, 2.24) is 4.98 Å². The van der Waals surface area contributed by atoms with Gasteiger partial charge in [0.2, 0.25) is 5.88 Å². The summed E-state index contributed by atoms with van der Waals surface area (Å²) in [7, 11) is 0. The number of hydrogen-bond donors (Lipinski definition) is 4. The number of para-hydroxylation sites is 1. The summed E-state index contributed by atoms with van der Waals surface area (Å²) in [6.07, 6.45) is 0. The van der Waals surface area contributed by atoms with Crippen LogP contribution in [-0.4, -0.2) is 16.1 Å². The number of nitrogens with zero attached hydrogens (tertiary/aromatic N) is 2. The Morgan fingerprint density at radius 2 is 2.13 bits per heavy atom. The van der Waals surface area contributed by atoms with E-state index in [0.717, 1.165) is 10.9 Å². The second kappa shape index (κ2) is 3.41. The van der Waals surface area contributed by atoms with Crippen molar-refractivity contribution in [2.24, 2.45) is 16.0 Å². The highest BCUT2D eigenvalue weighted by molar-refractivity contribution is 5.94. The summed E-state index contributed by atoms with van der Waals surface area (Å²) in [6.45, 7) is 0. The number of fused-ring (bicyclic) bond motifs is 1. The van der Waals surface area contributed by atoms with Gasteiger partial charge in [-0.1, -0.05) is 23.3 Å². The Labute approximate surface area is 85.0 Å². The molecule has 2 rings (SSSR count). The predicted octanol–water partition coefficient (Wildman–Crippen LogP) is 0.0310. The zero-order valence-electron chi connectivity index (χ0n) is 7.81. The van der Waals surface area contributed by atoms with Crippen LogP contribution in [0, 0.1) is 0 Å². The van der Waals surface area contributed by atoms with Gasteiger partial charge in [0, 0.05) is 10.5 Å². The van der Waals surface area contributed by atoms with Gasteiger partial charge in [0.25, 0.3) is 0 Å². The van der Waals surface area contributed by atoms with E-state index in [1.54, 1.807) is 0 Å². The summed E-state index contributed by atoms with van der Waals surface area (Å²) in [5, 5.41) is 22.7. The van der Waals surface area contributed by atoms with Crippen molar-refractivity contribution in [2.45, 2.75) is 0 Å². The monoisotopic (exact) mass is 204 g/mol. The highest BCUT2D eigenvalue weighted by Crippen LogP contribution is 2.34. The molecule has 1 aromatic carbocycles. The van der Waals surface area contributed by atoms with Crippen molar-refractivity contribution in [3.05, 3.63) is 24.3 Å². The van der Waals surface area contributed by atoms with Crippen LogP contribution in [0.5, 0.6) is 5.88 Å². The Hall–Kier alpha value is -2.37.